The number of amides is 1. The molecule has 1 aromatic heterocycles. The number of aromatic nitrogens is 1. The van der Waals surface area contributed by atoms with Gasteiger partial charge >= 0.3 is 0 Å². The van der Waals surface area contributed by atoms with Crippen molar-refractivity contribution >= 4 is 36.5 Å². The summed E-state index contributed by atoms with van der Waals surface area (Å²) in [6, 6.07) is 4.02. The van der Waals surface area contributed by atoms with Crippen LogP contribution in [0, 0.1) is 5.41 Å². The van der Waals surface area contributed by atoms with Gasteiger partial charge in [0.05, 0.1) is 5.41 Å². The van der Waals surface area contributed by atoms with Crippen molar-refractivity contribution in [2.75, 3.05) is 37.7 Å². The first kappa shape index (κ1) is 23.9. The predicted octanol–water partition coefficient (Wildman–Crippen LogP) is 2.14. The topological polar surface area (TPSA) is 80.5 Å². The quantitative estimate of drug-likeness (QED) is 0.742. The number of halogens is 2. The number of hydrogen-bond acceptors (Lipinski definition) is 5. The van der Waals surface area contributed by atoms with E-state index >= 15 is 0 Å². The number of carbonyl (C=O) groups excluding carboxylic acids is 1. The highest BCUT2D eigenvalue weighted by molar-refractivity contribution is 5.85. The molecule has 1 amide bonds. The van der Waals surface area contributed by atoms with Gasteiger partial charge in [0.25, 0.3) is 0 Å². The molecular weight excluding hydrogens is 363 g/mol. The van der Waals surface area contributed by atoms with Crippen LogP contribution in [0.1, 0.15) is 32.3 Å². The van der Waals surface area contributed by atoms with Gasteiger partial charge in [-0.15, -0.1) is 24.8 Å². The first-order chi connectivity index (χ1) is 11.1. The summed E-state index contributed by atoms with van der Waals surface area (Å²) in [7, 11) is 0. The molecule has 1 aliphatic rings. The number of anilines is 1. The Balaban J connectivity index is 0.00000288. The highest BCUT2D eigenvalue weighted by atomic mass is 35.5. The van der Waals surface area contributed by atoms with Crippen LogP contribution in [0.4, 0.5) is 5.82 Å². The molecule has 1 saturated heterocycles. The monoisotopic (exact) mass is 392 g/mol. The summed E-state index contributed by atoms with van der Waals surface area (Å²) in [5, 5.41) is 3.01. The first-order valence-corrected chi connectivity index (χ1v) is 8.41. The second-order valence-corrected chi connectivity index (χ2v) is 5.98. The van der Waals surface area contributed by atoms with Crippen LogP contribution in [0.5, 0.6) is 0 Å². The predicted molar refractivity (Wildman–Crippen MR) is 106 cm³/mol. The standard InChI is InChI=1S/C17H28N4O2.2ClH/c1-3-21(4-2)15-6-5-14(11-19-15)12-20-16(22)17(13-18)7-9-23-10-8-17;;/h5-6,11H,3-4,7-10,12-13,18H2,1-2H3,(H,20,22);2*1H. The number of nitrogens with one attached hydrogen (secondary N) is 1. The number of hydrogen-bond donors (Lipinski definition) is 2. The molecule has 2 heterocycles. The lowest BCUT2D eigenvalue weighted by molar-refractivity contribution is -0.136. The maximum atomic E-state index is 12.5. The van der Waals surface area contributed by atoms with Crippen molar-refractivity contribution in [2.24, 2.45) is 11.1 Å². The lowest BCUT2D eigenvalue weighted by Crippen LogP contribution is -2.48. The summed E-state index contributed by atoms with van der Waals surface area (Å²) in [5.74, 6) is 0.990. The number of pyridine rings is 1. The van der Waals surface area contributed by atoms with Gasteiger partial charge in [0.15, 0.2) is 0 Å². The van der Waals surface area contributed by atoms with Crippen LogP contribution < -0.4 is 16.0 Å². The largest absolute Gasteiger partial charge is 0.381 e. The maximum Gasteiger partial charge on any atom is 0.227 e. The van der Waals surface area contributed by atoms with Crippen molar-refractivity contribution in [1.29, 1.82) is 0 Å². The smallest absolute Gasteiger partial charge is 0.227 e. The molecule has 0 radical (unpaired) electrons. The average Bonchev–Trinajstić information content (AvgIpc) is 2.62. The van der Waals surface area contributed by atoms with E-state index in [0.29, 0.717) is 39.1 Å². The fraction of sp³-hybridized carbons (Fsp3) is 0.647. The Hall–Kier alpha value is -1.08. The highest BCUT2D eigenvalue weighted by Crippen LogP contribution is 2.29. The van der Waals surface area contributed by atoms with Gasteiger partial charge in [-0.25, -0.2) is 4.98 Å². The van der Waals surface area contributed by atoms with Crippen LogP contribution in [0.2, 0.25) is 0 Å². The molecule has 0 spiro atoms. The van der Waals surface area contributed by atoms with E-state index in [1.54, 1.807) is 0 Å². The third kappa shape index (κ3) is 5.99. The number of ether oxygens (including phenoxy) is 1. The van der Waals surface area contributed by atoms with E-state index in [1.807, 2.05) is 18.3 Å². The van der Waals surface area contributed by atoms with E-state index < -0.39 is 5.41 Å². The van der Waals surface area contributed by atoms with E-state index in [2.05, 4.69) is 29.0 Å². The molecule has 6 nitrogen and oxygen atoms in total. The van der Waals surface area contributed by atoms with Gasteiger partial charge in [-0.1, -0.05) is 6.07 Å². The van der Waals surface area contributed by atoms with Crippen molar-refractivity contribution in [3.8, 4) is 0 Å². The molecule has 0 aromatic carbocycles. The molecule has 3 N–H and O–H groups in total. The summed E-state index contributed by atoms with van der Waals surface area (Å²) >= 11 is 0. The Morgan fingerprint density at radius 2 is 1.92 bits per heavy atom. The Bertz CT molecular complexity index is 504. The van der Waals surface area contributed by atoms with Crippen LogP contribution in [-0.2, 0) is 16.1 Å². The lowest BCUT2D eigenvalue weighted by Gasteiger charge is -2.34. The molecular formula is C17H30Cl2N4O2. The Kier molecular flexibility index (Phi) is 11.0. The Morgan fingerprint density at radius 1 is 1.28 bits per heavy atom. The van der Waals surface area contributed by atoms with Crippen molar-refractivity contribution in [2.45, 2.75) is 33.2 Å². The molecule has 2 rings (SSSR count). The molecule has 0 bridgehead atoms. The van der Waals surface area contributed by atoms with Gasteiger partial charge in [0.1, 0.15) is 5.82 Å². The maximum absolute atomic E-state index is 12.5. The van der Waals surface area contributed by atoms with Gasteiger partial charge in [-0.05, 0) is 38.3 Å². The van der Waals surface area contributed by atoms with Gasteiger partial charge in [0.2, 0.25) is 5.91 Å². The first-order valence-electron chi connectivity index (χ1n) is 8.41. The summed E-state index contributed by atoms with van der Waals surface area (Å²) in [6.07, 6.45) is 3.20. The minimum absolute atomic E-state index is 0. The van der Waals surface area contributed by atoms with Crippen molar-refractivity contribution in [3.05, 3.63) is 23.9 Å². The zero-order valence-electron chi connectivity index (χ0n) is 15.0. The number of nitrogens with zero attached hydrogens (tertiary/aromatic N) is 2. The van der Waals surface area contributed by atoms with Crippen molar-refractivity contribution < 1.29 is 9.53 Å². The number of nitrogens with two attached hydrogens (primary N) is 1. The third-order valence-corrected chi connectivity index (χ3v) is 4.67. The third-order valence-electron chi connectivity index (χ3n) is 4.67. The molecule has 144 valence electrons. The Labute approximate surface area is 162 Å². The fourth-order valence-corrected chi connectivity index (χ4v) is 2.91. The number of carbonyl (C=O) groups is 1. The molecule has 1 fully saturated rings. The van der Waals surface area contributed by atoms with E-state index in [-0.39, 0.29) is 30.7 Å². The van der Waals surface area contributed by atoms with Crippen molar-refractivity contribution in [1.82, 2.24) is 10.3 Å². The minimum Gasteiger partial charge on any atom is -0.381 e. The molecule has 0 unspecified atom stereocenters. The summed E-state index contributed by atoms with van der Waals surface area (Å²) < 4.78 is 5.35. The summed E-state index contributed by atoms with van der Waals surface area (Å²) in [6.45, 7) is 8.13. The lowest BCUT2D eigenvalue weighted by atomic mass is 9.79. The normalized spacial score (nSPS) is 15.5. The van der Waals surface area contributed by atoms with Gasteiger partial charge in [0, 0.05) is 45.6 Å². The molecule has 1 aliphatic heterocycles. The SMILES string of the molecule is CCN(CC)c1ccc(CNC(=O)C2(CN)CCOCC2)cn1.Cl.Cl. The fourth-order valence-electron chi connectivity index (χ4n) is 2.91. The Morgan fingerprint density at radius 3 is 2.40 bits per heavy atom. The molecule has 0 saturated carbocycles. The molecule has 1 aromatic rings. The van der Waals surface area contributed by atoms with E-state index in [0.717, 1.165) is 24.5 Å². The van der Waals surface area contributed by atoms with E-state index in [9.17, 15) is 4.79 Å². The molecule has 0 atom stereocenters. The second kappa shape index (κ2) is 11.5. The van der Waals surface area contributed by atoms with Crippen LogP contribution in [0.15, 0.2) is 18.3 Å². The summed E-state index contributed by atoms with van der Waals surface area (Å²) in [5.41, 5.74) is 6.37. The highest BCUT2D eigenvalue weighted by Gasteiger charge is 2.38. The molecule has 0 aliphatic carbocycles. The van der Waals surface area contributed by atoms with Crippen molar-refractivity contribution in [3.63, 3.8) is 0 Å². The number of rotatable bonds is 7. The zero-order chi connectivity index (χ0) is 16.7. The molecule has 8 heteroatoms. The van der Waals surface area contributed by atoms with Gasteiger partial charge in [-0.2, -0.15) is 0 Å². The van der Waals surface area contributed by atoms with Gasteiger partial charge < -0.3 is 20.7 Å². The van der Waals surface area contributed by atoms with E-state index in [4.69, 9.17) is 10.5 Å². The van der Waals surface area contributed by atoms with E-state index in [1.165, 1.54) is 0 Å². The second-order valence-electron chi connectivity index (χ2n) is 5.98. The van der Waals surface area contributed by atoms with Crippen LogP contribution in [-0.4, -0.2) is 43.7 Å². The minimum atomic E-state index is -0.479. The van der Waals surface area contributed by atoms with Crippen LogP contribution in [0.25, 0.3) is 0 Å². The average molecular weight is 393 g/mol. The summed E-state index contributed by atoms with van der Waals surface area (Å²) in [4.78, 5) is 19.2. The zero-order valence-corrected chi connectivity index (χ0v) is 16.6. The van der Waals surface area contributed by atoms with Crippen LogP contribution >= 0.6 is 24.8 Å². The molecule has 25 heavy (non-hydrogen) atoms. The van der Waals surface area contributed by atoms with Gasteiger partial charge in [-0.3, -0.25) is 4.79 Å². The van der Waals surface area contributed by atoms with Crippen LogP contribution in [0.3, 0.4) is 0 Å².